The molecule has 3 saturated heterocycles. The van der Waals surface area contributed by atoms with Crippen LogP contribution < -0.4 is 5.11 Å². The van der Waals surface area contributed by atoms with Crippen molar-refractivity contribution < 1.29 is 14.3 Å². The lowest BCUT2D eigenvalue weighted by Crippen LogP contribution is -2.62. The molecule has 0 saturated carbocycles. The lowest BCUT2D eigenvalue weighted by atomic mass is 9.79. The van der Waals surface area contributed by atoms with Gasteiger partial charge in [0.15, 0.2) is 0 Å². The largest absolute Gasteiger partial charge is 0.530 e. The molecule has 2 aromatic rings. The molecule has 6 heteroatoms. The third kappa shape index (κ3) is 3.50. The van der Waals surface area contributed by atoms with Crippen LogP contribution in [0.4, 0.5) is 9.18 Å². The zero-order chi connectivity index (χ0) is 22.8. The van der Waals surface area contributed by atoms with Gasteiger partial charge in [0.25, 0.3) is 0 Å². The third-order valence-electron chi connectivity index (χ3n) is 7.86. The molecule has 2 atom stereocenters. The molecule has 170 valence electrons. The predicted molar refractivity (Wildman–Crippen MR) is 122 cm³/mol. The Labute approximate surface area is 194 Å². The van der Waals surface area contributed by atoms with Crippen LogP contribution in [0.3, 0.4) is 0 Å². The molecule has 0 unspecified atom stereocenters. The number of amides is 1. The van der Waals surface area contributed by atoms with Gasteiger partial charge in [-0.05, 0) is 91.1 Å². The Hall–Kier alpha value is -2.11. The normalized spacial score (nSPS) is 27.9. The van der Waals surface area contributed by atoms with E-state index < -0.39 is 12.1 Å². The van der Waals surface area contributed by atoms with E-state index in [0.717, 1.165) is 54.7 Å². The minimum atomic E-state index is -1.15. The van der Waals surface area contributed by atoms with Gasteiger partial charge in [0.05, 0.1) is 6.04 Å². The van der Waals surface area contributed by atoms with Crippen LogP contribution in [-0.2, 0) is 6.42 Å². The first-order valence-corrected chi connectivity index (χ1v) is 11.8. The highest BCUT2D eigenvalue weighted by Crippen LogP contribution is 2.52. The summed E-state index contributed by atoms with van der Waals surface area (Å²) in [7, 11) is 0. The Morgan fingerprint density at radius 1 is 1.22 bits per heavy atom. The molecule has 0 spiro atoms. The molecule has 3 fully saturated rings. The zero-order valence-electron chi connectivity index (χ0n) is 18.8. The van der Waals surface area contributed by atoms with Crippen molar-refractivity contribution in [2.45, 2.75) is 52.1 Å². The summed E-state index contributed by atoms with van der Waals surface area (Å²) in [4.78, 5) is 16.4. The van der Waals surface area contributed by atoms with Crippen LogP contribution in [0.15, 0.2) is 30.3 Å². The Balaban J connectivity index is 1.57. The summed E-state index contributed by atoms with van der Waals surface area (Å²) < 4.78 is 15.4. The van der Waals surface area contributed by atoms with Crippen molar-refractivity contribution in [1.82, 2.24) is 9.80 Å². The number of aryl methyl sites for hydroxylation is 1. The molecule has 0 N–H and O–H groups in total. The van der Waals surface area contributed by atoms with E-state index in [1.54, 1.807) is 17.0 Å². The number of piperidine rings is 3. The van der Waals surface area contributed by atoms with Crippen LogP contribution in [0.1, 0.15) is 49.4 Å². The first-order chi connectivity index (χ1) is 15.2. The molecule has 3 aliphatic heterocycles. The molecule has 2 aromatic carbocycles. The van der Waals surface area contributed by atoms with Gasteiger partial charge in [0.2, 0.25) is 0 Å². The molecule has 3 heterocycles. The van der Waals surface area contributed by atoms with Crippen LogP contribution >= 0.6 is 11.6 Å². The molecule has 0 radical (unpaired) electrons. The standard InChI is InChI=1S/C26H30ClFN2O2/c1-15-4-5-17(11-21(15)27)19-10-18-13-26(2,3)24(20(18)12-22(19)28)30(25(31)32)23-14-29-8-6-16(23)7-9-29/h4-5,10-12,16,23-24H,6-9,13-14H2,1-3H3,(H,31,32)/p-1/t23-,24+/m1/s1. The van der Waals surface area contributed by atoms with E-state index in [0.29, 0.717) is 22.9 Å². The predicted octanol–water partition coefficient (Wildman–Crippen LogP) is 4.82. The van der Waals surface area contributed by atoms with Gasteiger partial charge >= 0.3 is 0 Å². The van der Waals surface area contributed by atoms with Crippen molar-refractivity contribution in [2.24, 2.45) is 11.3 Å². The van der Waals surface area contributed by atoms with Crippen molar-refractivity contribution in [2.75, 3.05) is 19.6 Å². The molecule has 4 nitrogen and oxygen atoms in total. The molecular weight excluding hydrogens is 427 g/mol. The Kier molecular flexibility index (Phi) is 5.25. The van der Waals surface area contributed by atoms with Crippen LogP contribution in [0.5, 0.6) is 0 Å². The second kappa shape index (κ2) is 7.74. The van der Waals surface area contributed by atoms with Gasteiger partial charge in [-0.1, -0.05) is 37.6 Å². The Morgan fingerprint density at radius 3 is 2.53 bits per heavy atom. The van der Waals surface area contributed by atoms with Gasteiger partial charge in [-0.25, -0.2) is 4.39 Å². The lowest BCUT2D eigenvalue weighted by molar-refractivity contribution is -0.276. The number of carbonyl (C=O) groups excluding carboxylic acids is 1. The van der Waals surface area contributed by atoms with Crippen molar-refractivity contribution >= 4 is 17.7 Å². The quantitative estimate of drug-likeness (QED) is 0.666. The maximum absolute atomic E-state index is 15.4. The van der Waals surface area contributed by atoms with E-state index in [-0.39, 0.29) is 17.3 Å². The first-order valence-electron chi connectivity index (χ1n) is 11.5. The minimum absolute atomic E-state index is 0.101. The summed E-state index contributed by atoms with van der Waals surface area (Å²) in [6.07, 6.45) is 1.56. The Morgan fingerprint density at radius 2 is 1.94 bits per heavy atom. The van der Waals surface area contributed by atoms with E-state index in [1.807, 2.05) is 25.1 Å². The highest BCUT2D eigenvalue weighted by molar-refractivity contribution is 6.31. The highest BCUT2D eigenvalue weighted by Gasteiger charge is 2.48. The van der Waals surface area contributed by atoms with E-state index in [2.05, 4.69) is 18.7 Å². The second-order valence-corrected chi connectivity index (χ2v) is 10.8. The van der Waals surface area contributed by atoms with Crippen molar-refractivity contribution in [3.8, 4) is 11.1 Å². The number of nitrogens with zero attached hydrogens (tertiary/aromatic N) is 2. The van der Waals surface area contributed by atoms with E-state index >= 15 is 4.39 Å². The molecular formula is C26H29ClFN2O2-. The number of hydrogen-bond donors (Lipinski definition) is 0. The van der Waals surface area contributed by atoms with Crippen molar-refractivity contribution in [3.63, 3.8) is 0 Å². The van der Waals surface area contributed by atoms with Crippen LogP contribution in [0, 0.1) is 24.1 Å². The van der Waals surface area contributed by atoms with Crippen LogP contribution in [0.2, 0.25) is 5.02 Å². The topological polar surface area (TPSA) is 46.6 Å². The summed E-state index contributed by atoms with van der Waals surface area (Å²) in [6.45, 7) is 8.88. The maximum Gasteiger partial charge on any atom is 0.137 e. The lowest BCUT2D eigenvalue weighted by Gasteiger charge is -2.53. The number of benzene rings is 2. The fourth-order valence-corrected chi connectivity index (χ4v) is 6.42. The maximum atomic E-state index is 15.4. The van der Waals surface area contributed by atoms with Gasteiger partial charge in [-0.3, -0.25) is 0 Å². The van der Waals surface area contributed by atoms with Crippen molar-refractivity contribution in [3.05, 3.63) is 57.9 Å². The molecule has 6 rings (SSSR count). The third-order valence-corrected chi connectivity index (χ3v) is 8.27. The average molecular weight is 456 g/mol. The van der Waals surface area contributed by atoms with E-state index in [9.17, 15) is 9.90 Å². The molecule has 4 aliphatic rings. The summed E-state index contributed by atoms with van der Waals surface area (Å²) in [5, 5.41) is 13.1. The summed E-state index contributed by atoms with van der Waals surface area (Å²) in [5.41, 5.74) is 3.60. The van der Waals surface area contributed by atoms with Crippen LogP contribution in [-0.4, -0.2) is 41.6 Å². The fourth-order valence-electron chi connectivity index (χ4n) is 6.24. The van der Waals surface area contributed by atoms with E-state index in [1.165, 1.54) is 0 Å². The van der Waals surface area contributed by atoms with Crippen LogP contribution in [0.25, 0.3) is 11.1 Å². The van der Waals surface area contributed by atoms with Gasteiger partial charge < -0.3 is 19.7 Å². The summed E-state index contributed by atoms with van der Waals surface area (Å²) in [5.74, 6) is -0.00449. The van der Waals surface area contributed by atoms with E-state index in [4.69, 9.17) is 11.6 Å². The molecule has 2 bridgehead atoms. The Bertz CT molecular complexity index is 1080. The number of rotatable bonds is 3. The number of hydrogen-bond acceptors (Lipinski definition) is 3. The van der Waals surface area contributed by atoms with Gasteiger partial charge in [-0.2, -0.15) is 0 Å². The molecule has 1 aliphatic carbocycles. The minimum Gasteiger partial charge on any atom is -0.530 e. The fraction of sp³-hybridized carbons (Fsp3) is 0.500. The second-order valence-electron chi connectivity index (χ2n) is 10.4. The van der Waals surface area contributed by atoms with Gasteiger partial charge in [0.1, 0.15) is 11.9 Å². The zero-order valence-corrected chi connectivity index (χ0v) is 19.6. The first kappa shape index (κ1) is 21.7. The van der Waals surface area contributed by atoms with Gasteiger partial charge in [-0.15, -0.1) is 0 Å². The highest BCUT2D eigenvalue weighted by atomic mass is 35.5. The molecule has 1 amide bonds. The summed E-state index contributed by atoms with van der Waals surface area (Å²) in [6, 6.07) is 8.48. The molecule has 0 aromatic heterocycles. The number of carbonyl (C=O) groups is 1. The van der Waals surface area contributed by atoms with Crippen molar-refractivity contribution in [1.29, 1.82) is 0 Å². The number of fused-ring (bicyclic) bond motifs is 4. The number of carboxylic acid groups (broad SMARTS) is 1. The summed E-state index contributed by atoms with van der Waals surface area (Å²) >= 11 is 6.29. The SMILES string of the molecule is Cc1ccc(-c2cc3c(cc2F)[C@H](N(C(=O)[O-])[C@@H]2CN4CCC2CC4)C(C)(C)C3)cc1Cl. The molecule has 32 heavy (non-hydrogen) atoms. The van der Waals surface area contributed by atoms with Gasteiger partial charge in [0, 0.05) is 23.2 Å². The number of halogens is 2. The monoisotopic (exact) mass is 455 g/mol. The smallest absolute Gasteiger partial charge is 0.137 e. The average Bonchev–Trinajstić information content (AvgIpc) is 3.00.